The van der Waals surface area contributed by atoms with Crippen molar-refractivity contribution in [3.05, 3.63) is 62.6 Å². The first kappa shape index (κ1) is 21.4. The largest absolute Gasteiger partial charge is 0.462 e. The van der Waals surface area contributed by atoms with Crippen molar-refractivity contribution in [2.75, 3.05) is 27.2 Å². The Balaban J connectivity index is 1.90. The number of hydrogen-bond acceptors (Lipinski definition) is 7. The number of likely N-dealkylation sites (N-methyl/N-ethyl adjacent to an activating group) is 1. The van der Waals surface area contributed by atoms with Gasteiger partial charge in [0.15, 0.2) is 5.82 Å². The van der Waals surface area contributed by atoms with E-state index in [1.807, 2.05) is 19.0 Å². The molecule has 0 saturated carbocycles. The molecule has 0 aliphatic rings. The van der Waals surface area contributed by atoms with Gasteiger partial charge in [-0.2, -0.15) is 5.10 Å². The number of nitrogens with one attached hydrogen (secondary N) is 1. The molecule has 4 heterocycles. The van der Waals surface area contributed by atoms with E-state index in [4.69, 9.17) is 4.74 Å². The lowest BCUT2D eigenvalue weighted by atomic mass is 10.2. The molecule has 0 fully saturated rings. The Labute approximate surface area is 183 Å². The number of ether oxygens (including phenoxy) is 1. The highest BCUT2D eigenvalue weighted by molar-refractivity contribution is 5.95. The summed E-state index contributed by atoms with van der Waals surface area (Å²) in [6, 6.07) is 4.99. The number of pyridine rings is 3. The average Bonchev–Trinajstić information content (AvgIpc) is 3.14. The highest BCUT2D eigenvalue weighted by Gasteiger charge is 2.22. The summed E-state index contributed by atoms with van der Waals surface area (Å²) in [5, 5.41) is 7.49. The van der Waals surface area contributed by atoms with E-state index in [0.717, 1.165) is 0 Å². The highest BCUT2D eigenvalue weighted by Crippen LogP contribution is 2.19. The SMILES string of the molecule is CCOC(=O)c1c(-n2ccc3nc4ccn(CCN(C)C)c(=O)c4cc3c2=O)n[nH]c1C. The molecule has 0 unspecified atom stereocenters. The van der Waals surface area contributed by atoms with Crippen molar-refractivity contribution in [3.63, 3.8) is 0 Å². The van der Waals surface area contributed by atoms with Crippen LogP contribution in [0.4, 0.5) is 0 Å². The van der Waals surface area contributed by atoms with E-state index in [0.29, 0.717) is 35.2 Å². The van der Waals surface area contributed by atoms with Gasteiger partial charge in [-0.15, -0.1) is 0 Å². The minimum absolute atomic E-state index is 0.143. The van der Waals surface area contributed by atoms with Gasteiger partial charge in [0, 0.05) is 31.2 Å². The molecule has 166 valence electrons. The molecule has 0 saturated heterocycles. The van der Waals surface area contributed by atoms with Gasteiger partial charge in [0.2, 0.25) is 0 Å². The molecule has 4 aromatic rings. The first-order chi connectivity index (χ1) is 15.3. The number of rotatable bonds is 6. The Hall–Kier alpha value is -3.79. The number of aromatic amines is 1. The van der Waals surface area contributed by atoms with Crippen LogP contribution >= 0.6 is 0 Å². The van der Waals surface area contributed by atoms with E-state index in [9.17, 15) is 14.4 Å². The number of aromatic nitrogens is 5. The van der Waals surface area contributed by atoms with Gasteiger partial charge in [0.1, 0.15) is 5.56 Å². The lowest BCUT2D eigenvalue weighted by molar-refractivity contribution is 0.0525. The first-order valence-electron chi connectivity index (χ1n) is 10.2. The molecule has 4 aromatic heterocycles. The second-order valence-corrected chi connectivity index (χ2v) is 7.73. The molecule has 0 amide bonds. The van der Waals surface area contributed by atoms with Crippen molar-refractivity contribution in [2.45, 2.75) is 20.4 Å². The van der Waals surface area contributed by atoms with Crippen molar-refractivity contribution in [2.24, 2.45) is 0 Å². The Morgan fingerprint density at radius 2 is 1.81 bits per heavy atom. The van der Waals surface area contributed by atoms with Crippen LogP contribution in [0.25, 0.3) is 27.6 Å². The molecule has 0 aromatic carbocycles. The third-order valence-corrected chi connectivity index (χ3v) is 5.24. The summed E-state index contributed by atoms with van der Waals surface area (Å²) in [6.07, 6.45) is 3.23. The van der Waals surface area contributed by atoms with Crippen LogP contribution in [0.5, 0.6) is 0 Å². The number of aryl methyl sites for hydroxylation is 1. The highest BCUT2D eigenvalue weighted by atomic mass is 16.5. The third-order valence-electron chi connectivity index (χ3n) is 5.24. The maximum atomic E-state index is 13.3. The van der Waals surface area contributed by atoms with Crippen LogP contribution in [0.15, 0.2) is 40.2 Å². The molecule has 0 radical (unpaired) electrons. The number of carbonyl (C=O) groups is 1. The molecule has 0 spiro atoms. The standard InChI is InChI=1S/C22H24N6O4/c1-5-32-22(31)18-13(2)24-25-19(18)28-9-7-17-15(21(28)30)12-14-16(23-17)6-8-27(20(14)29)11-10-26(3)4/h6-9,12H,5,10-11H2,1-4H3,(H,24,25). The maximum Gasteiger partial charge on any atom is 0.343 e. The van der Waals surface area contributed by atoms with Gasteiger partial charge in [0.05, 0.1) is 28.4 Å². The summed E-state index contributed by atoms with van der Waals surface area (Å²) in [5.41, 5.74) is 1.00. The predicted molar refractivity (Wildman–Crippen MR) is 120 cm³/mol. The minimum Gasteiger partial charge on any atom is -0.462 e. The molecule has 10 heteroatoms. The van der Waals surface area contributed by atoms with Crippen LogP contribution < -0.4 is 11.1 Å². The quantitative estimate of drug-likeness (QED) is 0.359. The molecule has 32 heavy (non-hydrogen) atoms. The number of nitrogens with zero attached hydrogens (tertiary/aromatic N) is 5. The van der Waals surface area contributed by atoms with E-state index >= 15 is 0 Å². The monoisotopic (exact) mass is 436 g/mol. The fraction of sp³-hybridized carbons (Fsp3) is 0.318. The van der Waals surface area contributed by atoms with E-state index < -0.39 is 11.5 Å². The van der Waals surface area contributed by atoms with Gasteiger partial charge in [-0.25, -0.2) is 9.78 Å². The van der Waals surface area contributed by atoms with Crippen LogP contribution in [0.1, 0.15) is 23.0 Å². The Morgan fingerprint density at radius 3 is 2.50 bits per heavy atom. The molecule has 4 rings (SSSR count). The van der Waals surface area contributed by atoms with Gasteiger partial charge in [-0.05, 0) is 46.1 Å². The molecule has 1 N–H and O–H groups in total. The summed E-state index contributed by atoms with van der Waals surface area (Å²) >= 11 is 0. The van der Waals surface area contributed by atoms with E-state index in [1.54, 1.807) is 42.8 Å². The zero-order valence-corrected chi connectivity index (χ0v) is 18.4. The fourth-order valence-electron chi connectivity index (χ4n) is 3.55. The van der Waals surface area contributed by atoms with Crippen molar-refractivity contribution in [1.29, 1.82) is 0 Å². The summed E-state index contributed by atoms with van der Waals surface area (Å²) in [6.45, 7) is 4.81. The summed E-state index contributed by atoms with van der Waals surface area (Å²) in [4.78, 5) is 45.2. The van der Waals surface area contributed by atoms with Gasteiger partial charge in [-0.3, -0.25) is 19.3 Å². The van der Waals surface area contributed by atoms with E-state index in [1.165, 1.54) is 10.8 Å². The van der Waals surface area contributed by atoms with Crippen LogP contribution in [-0.4, -0.2) is 62.4 Å². The smallest absolute Gasteiger partial charge is 0.343 e. The molecular weight excluding hydrogens is 412 g/mol. The van der Waals surface area contributed by atoms with Crippen molar-refractivity contribution < 1.29 is 9.53 Å². The average molecular weight is 436 g/mol. The first-order valence-corrected chi connectivity index (χ1v) is 10.2. The Bertz CT molecular complexity index is 1450. The topological polar surface area (TPSA) is 115 Å². The van der Waals surface area contributed by atoms with Crippen molar-refractivity contribution in [3.8, 4) is 5.82 Å². The summed E-state index contributed by atoms with van der Waals surface area (Å²) < 4.78 is 7.98. The molecule has 10 nitrogen and oxygen atoms in total. The zero-order chi connectivity index (χ0) is 23.0. The lowest BCUT2D eigenvalue weighted by Crippen LogP contribution is -2.26. The van der Waals surface area contributed by atoms with Gasteiger partial charge < -0.3 is 14.2 Å². The summed E-state index contributed by atoms with van der Waals surface area (Å²) in [5.74, 6) is -0.425. The minimum atomic E-state index is -0.568. The van der Waals surface area contributed by atoms with Crippen LogP contribution in [0.3, 0.4) is 0 Å². The van der Waals surface area contributed by atoms with E-state index in [2.05, 4.69) is 15.2 Å². The fourth-order valence-corrected chi connectivity index (χ4v) is 3.55. The summed E-state index contributed by atoms with van der Waals surface area (Å²) in [7, 11) is 3.87. The lowest BCUT2D eigenvalue weighted by Gasteiger charge is -2.12. The Kier molecular flexibility index (Phi) is 5.62. The number of H-pyrrole nitrogens is 1. The molecule has 0 aliphatic heterocycles. The molecule has 0 bridgehead atoms. The maximum absolute atomic E-state index is 13.3. The number of carbonyl (C=O) groups excluding carboxylic acids is 1. The van der Waals surface area contributed by atoms with Crippen LogP contribution in [-0.2, 0) is 11.3 Å². The second kappa shape index (κ2) is 8.39. The van der Waals surface area contributed by atoms with Gasteiger partial charge in [0.25, 0.3) is 11.1 Å². The Morgan fingerprint density at radius 1 is 1.12 bits per heavy atom. The van der Waals surface area contributed by atoms with Crippen LogP contribution in [0.2, 0.25) is 0 Å². The molecular formula is C22H24N6O4. The van der Waals surface area contributed by atoms with Gasteiger partial charge in [-0.1, -0.05) is 0 Å². The number of esters is 1. The molecule has 0 aliphatic carbocycles. The molecule has 0 atom stereocenters. The van der Waals surface area contributed by atoms with E-state index in [-0.39, 0.29) is 28.9 Å². The number of fused-ring (bicyclic) bond motifs is 2. The second-order valence-electron chi connectivity index (χ2n) is 7.73. The van der Waals surface area contributed by atoms with Crippen LogP contribution in [0, 0.1) is 6.92 Å². The number of hydrogen-bond donors (Lipinski definition) is 1. The predicted octanol–water partition coefficient (Wildman–Crippen LogP) is 1.47. The van der Waals surface area contributed by atoms with Crippen molar-refractivity contribution >= 4 is 27.8 Å². The zero-order valence-electron chi connectivity index (χ0n) is 18.4. The third kappa shape index (κ3) is 3.69. The van der Waals surface area contributed by atoms with Gasteiger partial charge >= 0.3 is 5.97 Å². The van der Waals surface area contributed by atoms with Crippen molar-refractivity contribution in [1.82, 2.24) is 29.2 Å². The normalized spacial score (nSPS) is 11.5.